The molecular formula is C45H32. The van der Waals surface area contributed by atoms with Gasteiger partial charge in [0.05, 0.1) is 0 Å². The Hall–Kier alpha value is -5.46. The van der Waals surface area contributed by atoms with Gasteiger partial charge < -0.3 is 0 Å². The second-order valence-electron chi connectivity index (χ2n) is 13.0. The molecule has 0 saturated heterocycles. The van der Waals surface area contributed by atoms with Crippen LogP contribution in [-0.4, -0.2) is 0 Å². The van der Waals surface area contributed by atoms with Gasteiger partial charge in [-0.2, -0.15) is 0 Å². The van der Waals surface area contributed by atoms with Crippen molar-refractivity contribution in [3.63, 3.8) is 0 Å². The number of hydrogen-bond donors (Lipinski definition) is 0. The molecule has 0 unspecified atom stereocenters. The summed E-state index contributed by atoms with van der Waals surface area (Å²) in [5, 5.41) is 7.60. The van der Waals surface area contributed by atoms with Gasteiger partial charge in [0.15, 0.2) is 0 Å². The molecule has 1 aliphatic rings. The zero-order chi connectivity index (χ0) is 30.1. The van der Waals surface area contributed by atoms with Gasteiger partial charge in [0.2, 0.25) is 0 Å². The van der Waals surface area contributed by atoms with Gasteiger partial charge in [-0.25, -0.2) is 0 Å². The van der Waals surface area contributed by atoms with Crippen molar-refractivity contribution in [1.82, 2.24) is 0 Å². The van der Waals surface area contributed by atoms with Crippen molar-refractivity contribution in [2.75, 3.05) is 0 Å². The minimum absolute atomic E-state index is 0.0222. The Balaban J connectivity index is 1.15. The van der Waals surface area contributed by atoms with Crippen molar-refractivity contribution < 1.29 is 0 Å². The van der Waals surface area contributed by atoms with Crippen molar-refractivity contribution in [3.8, 4) is 44.5 Å². The zero-order valence-electron chi connectivity index (χ0n) is 25.5. The number of benzene rings is 8. The first-order valence-corrected chi connectivity index (χ1v) is 15.8. The van der Waals surface area contributed by atoms with E-state index >= 15 is 0 Å². The van der Waals surface area contributed by atoms with Crippen LogP contribution >= 0.6 is 0 Å². The summed E-state index contributed by atoms with van der Waals surface area (Å²) >= 11 is 0. The minimum atomic E-state index is -0.0222. The Morgan fingerprint density at radius 3 is 1.62 bits per heavy atom. The number of fused-ring (bicyclic) bond motifs is 6. The molecule has 1 aliphatic carbocycles. The van der Waals surface area contributed by atoms with E-state index in [1.807, 2.05) is 0 Å². The molecule has 0 radical (unpaired) electrons. The quantitative estimate of drug-likeness (QED) is 0.197. The average molecular weight is 573 g/mol. The van der Waals surface area contributed by atoms with E-state index in [0.717, 1.165) is 0 Å². The van der Waals surface area contributed by atoms with Crippen molar-refractivity contribution in [2.24, 2.45) is 0 Å². The first-order chi connectivity index (χ1) is 22.0. The van der Waals surface area contributed by atoms with Crippen LogP contribution in [0.2, 0.25) is 0 Å². The Morgan fingerprint density at radius 1 is 0.311 bits per heavy atom. The molecule has 0 saturated carbocycles. The molecule has 0 amide bonds. The molecule has 0 heteroatoms. The maximum absolute atomic E-state index is 2.43. The van der Waals surface area contributed by atoms with Crippen LogP contribution < -0.4 is 0 Å². The van der Waals surface area contributed by atoms with Crippen molar-refractivity contribution in [3.05, 3.63) is 169 Å². The SMILES string of the molecule is CC1(C)c2ccccc2-c2ccc(-c3cc(-c4ccc5cc(-c6ccc7ccccc7c6)ccc5c4)c4ccccc4c3)cc21. The lowest BCUT2D eigenvalue weighted by Crippen LogP contribution is -2.14. The monoisotopic (exact) mass is 572 g/mol. The summed E-state index contributed by atoms with van der Waals surface area (Å²) in [7, 11) is 0. The third-order valence-corrected chi connectivity index (χ3v) is 10.0. The van der Waals surface area contributed by atoms with Gasteiger partial charge in [-0.05, 0) is 124 Å². The normalized spacial score (nSPS) is 13.3. The smallest absolute Gasteiger partial charge is 0.0159 e. The molecule has 0 atom stereocenters. The lowest BCUT2D eigenvalue weighted by molar-refractivity contribution is 0.660. The summed E-state index contributed by atoms with van der Waals surface area (Å²) in [5.74, 6) is 0. The van der Waals surface area contributed by atoms with E-state index in [9.17, 15) is 0 Å². The lowest BCUT2D eigenvalue weighted by atomic mass is 9.81. The van der Waals surface area contributed by atoms with Crippen molar-refractivity contribution >= 4 is 32.3 Å². The van der Waals surface area contributed by atoms with Gasteiger partial charge >= 0.3 is 0 Å². The fourth-order valence-electron chi connectivity index (χ4n) is 7.56. The summed E-state index contributed by atoms with van der Waals surface area (Å²) in [6.07, 6.45) is 0. The van der Waals surface area contributed by atoms with E-state index in [-0.39, 0.29) is 5.41 Å². The van der Waals surface area contributed by atoms with E-state index in [1.165, 1.54) is 88.0 Å². The maximum atomic E-state index is 2.43. The highest BCUT2D eigenvalue weighted by Gasteiger charge is 2.35. The van der Waals surface area contributed by atoms with E-state index < -0.39 is 0 Å². The standard InChI is InChI=1S/C45H32/c1-45(2)43-14-8-7-13-40(43)41-22-21-35(28-44(41)45)38-26-36-11-5-6-12-39(36)42(27-38)37-20-19-33-24-32(17-18-34(33)25-37)31-16-15-29-9-3-4-10-30(29)23-31/h3-28H,1-2H3. The predicted molar refractivity (Wildman–Crippen MR) is 193 cm³/mol. The van der Waals surface area contributed by atoms with Crippen LogP contribution in [0.25, 0.3) is 76.8 Å². The van der Waals surface area contributed by atoms with Gasteiger partial charge in [0.1, 0.15) is 0 Å². The molecule has 8 aromatic carbocycles. The highest BCUT2D eigenvalue weighted by atomic mass is 14.4. The molecule has 0 heterocycles. The number of rotatable bonds is 3. The van der Waals surface area contributed by atoms with Gasteiger partial charge in [-0.1, -0.05) is 135 Å². The van der Waals surface area contributed by atoms with Crippen LogP contribution in [-0.2, 0) is 5.41 Å². The first-order valence-electron chi connectivity index (χ1n) is 15.8. The maximum Gasteiger partial charge on any atom is 0.0159 e. The molecule has 8 aromatic rings. The highest BCUT2D eigenvalue weighted by Crippen LogP contribution is 2.49. The van der Waals surface area contributed by atoms with Crippen LogP contribution in [0.1, 0.15) is 25.0 Å². The fourth-order valence-corrected chi connectivity index (χ4v) is 7.56. The second-order valence-corrected chi connectivity index (χ2v) is 13.0. The first kappa shape index (κ1) is 26.0. The lowest BCUT2D eigenvalue weighted by Gasteiger charge is -2.22. The summed E-state index contributed by atoms with van der Waals surface area (Å²) in [6.45, 7) is 4.71. The van der Waals surface area contributed by atoms with E-state index in [0.29, 0.717) is 0 Å². The summed E-state index contributed by atoms with van der Waals surface area (Å²) < 4.78 is 0. The van der Waals surface area contributed by atoms with Gasteiger partial charge in [0, 0.05) is 5.41 Å². The van der Waals surface area contributed by atoms with Crippen LogP contribution in [0.15, 0.2) is 158 Å². The van der Waals surface area contributed by atoms with Gasteiger partial charge in [0.25, 0.3) is 0 Å². The van der Waals surface area contributed by atoms with Crippen LogP contribution in [0.4, 0.5) is 0 Å². The van der Waals surface area contributed by atoms with Crippen LogP contribution in [0.3, 0.4) is 0 Å². The van der Waals surface area contributed by atoms with Gasteiger partial charge in [-0.3, -0.25) is 0 Å². The molecule has 0 bridgehead atoms. The summed E-state index contributed by atoms with van der Waals surface area (Å²) in [4.78, 5) is 0. The third kappa shape index (κ3) is 4.14. The second kappa shape index (κ2) is 9.78. The predicted octanol–water partition coefficient (Wildman–Crippen LogP) is 12.5. The molecule has 0 nitrogen and oxygen atoms in total. The van der Waals surface area contributed by atoms with Crippen molar-refractivity contribution in [2.45, 2.75) is 19.3 Å². The fraction of sp³-hybridized carbons (Fsp3) is 0.0667. The zero-order valence-corrected chi connectivity index (χ0v) is 25.5. The van der Waals surface area contributed by atoms with Gasteiger partial charge in [-0.15, -0.1) is 0 Å². The summed E-state index contributed by atoms with van der Waals surface area (Å²) in [6, 6.07) is 58.6. The Labute approximate surface area is 264 Å². The average Bonchev–Trinajstić information content (AvgIpc) is 3.32. The van der Waals surface area contributed by atoms with Crippen LogP contribution in [0, 0.1) is 0 Å². The third-order valence-electron chi connectivity index (χ3n) is 10.0. The molecule has 0 spiro atoms. The van der Waals surface area contributed by atoms with E-state index in [4.69, 9.17) is 0 Å². The van der Waals surface area contributed by atoms with Crippen molar-refractivity contribution in [1.29, 1.82) is 0 Å². The Morgan fingerprint density at radius 2 is 0.822 bits per heavy atom. The van der Waals surface area contributed by atoms with Crippen LogP contribution in [0.5, 0.6) is 0 Å². The summed E-state index contributed by atoms with van der Waals surface area (Å²) in [5.41, 5.74) is 13.0. The largest absolute Gasteiger partial charge is 0.0619 e. The molecule has 45 heavy (non-hydrogen) atoms. The Kier molecular flexibility index (Phi) is 5.64. The Bertz CT molecular complexity index is 2460. The number of hydrogen-bond acceptors (Lipinski definition) is 0. The molecule has 212 valence electrons. The molecule has 0 aliphatic heterocycles. The molecule has 0 aromatic heterocycles. The highest BCUT2D eigenvalue weighted by molar-refractivity contribution is 6.02. The topological polar surface area (TPSA) is 0 Å². The minimum Gasteiger partial charge on any atom is -0.0619 e. The molecule has 0 fully saturated rings. The van der Waals surface area contributed by atoms with E-state index in [2.05, 4.69) is 172 Å². The molecule has 0 N–H and O–H groups in total. The molecule has 9 rings (SSSR count). The molecular weight excluding hydrogens is 540 g/mol. The van der Waals surface area contributed by atoms with E-state index in [1.54, 1.807) is 0 Å².